The first kappa shape index (κ1) is 18.1. The van der Waals surface area contributed by atoms with E-state index in [1.165, 1.54) is 12.2 Å². The van der Waals surface area contributed by atoms with Crippen LogP contribution in [0.25, 0.3) is 0 Å². The number of piperidine rings is 1. The zero-order valence-corrected chi connectivity index (χ0v) is 16.5. The SMILES string of the molecule is O=C1CCC(N2Cc3ccc(CN4CCCSC45CNC5)cc3C2=O)C(=O)N1. The average Bonchev–Trinajstić information content (AvgIpc) is 2.97. The van der Waals surface area contributed by atoms with Crippen molar-refractivity contribution in [3.8, 4) is 0 Å². The van der Waals surface area contributed by atoms with E-state index in [4.69, 9.17) is 0 Å². The normalized spacial score (nSPS) is 26.9. The Bertz CT molecular complexity index is 854. The number of rotatable bonds is 3. The summed E-state index contributed by atoms with van der Waals surface area (Å²) in [4.78, 5) is 40.9. The van der Waals surface area contributed by atoms with E-state index in [-0.39, 0.29) is 29.0 Å². The molecule has 5 rings (SSSR count). The monoisotopic (exact) mass is 400 g/mol. The number of hydrogen-bond acceptors (Lipinski definition) is 6. The highest BCUT2D eigenvalue weighted by molar-refractivity contribution is 8.00. The lowest BCUT2D eigenvalue weighted by atomic mass is 10.0. The molecule has 1 aromatic carbocycles. The van der Waals surface area contributed by atoms with Crippen molar-refractivity contribution in [3.05, 3.63) is 34.9 Å². The van der Waals surface area contributed by atoms with Crippen LogP contribution >= 0.6 is 11.8 Å². The first-order valence-electron chi connectivity index (χ1n) is 9.92. The van der Waals surface area contributed by atoms with Gasteiger partial charge < -0.3 is 10.2 Å². The summed E-state index contributed by atoms with van der Waals surface area (Å²) in [6, 6.07) is 5.59. The minimum atomic E-state index is -0.552. The molecule has 0 aliphatic carbocycles. The van der Waals surface area contributed by atoms with E-state index in [1.807, 2.05) is 23.9 Å². The quantitative estimate of drug-likeness (QED) is 0.727. The van der Waals surface area contributed by atoms with E-state index in [1.54, 1.807) is 4.90 Å². The van der Waals surface area contributed by atoms with E-state index < -0.39 is 6.04 Å². The van der Waals surface area contributed by atoms with Crippen LogP contribution in [0.4, 0.5) is 0 Å². The fourth-order valence-electron chi connectivity index (χ4n) is 4.62. The van der Waals surface area contributed by atoms with Gasteiger partial charge in [-0.2, -0.15) is 0 Å². The molecule has 0 aromatic heterocycles. The van der Waals surface area contributed by atoms with Gasteiger partial charge in [-0.3, -0.25) is 24.6 Å². The molecule has 7 nitrogen and oxygen atoms in total. The molecule has 1 spiro atoms. The maximum absolute atomic E-state index is 13.0. The first-order chi connectivity index (χ1) is 13.6. The number of carbonyl (C=O) groups is 3. The number of thioether (sulfide) groups is 1. The Kier molecular flexibility index (Phi) is 4.45. The molecule has 3 saturated heterocycles. The van der Waals surface area contributed by atoms with Crippen molar-refractivity contribution in [2.24, 2.45) is 0 Å². The predicted molar refractivity (Wildman–Crippen MR) is 106 cm³/mol. The minimum Gasteiger partial charge on any atom is -0.322 e. The molecule has 3 fully saturated rings. The number of hydrogen-bond donors (Lipinski definition) is 2. The average molecular weight is 401 g/mol. The summed E-state index contributed by atoms with van der Waals surface area (Å²) in [5.74, 6) is 0.496. The molecular formula is C20H24N4O3S. The lowest BCUT2D eigenvalue weighted by molar-refractivity contribution is -0.136. The third-order valence-electron chi connectivity index (χ3n) is 6.29. The third-order valence-corrected chi connectivity index (χ3v) is 7.86. The number of imide groups is 1. The van der Waals surface area contributed by atoms with Crippen LogP contribution in [-0.4, -0.2) is 63.8 Å². The second kappa shape index (κ2) is 6.86. The Morgan fingerprint density at radius 3 is 2.82 bits per heavy atom. The standard InChI is InChI=1S/C20H24N4O3S/c25-17-5-4-16(18(26)22-17)24-10-14-3-2-13(8-15(14)19(24)27)9-23-6-1-7-28-20(23)11-21-12-20/h2-3,8,16,21H,1,4-7,9-12H2,(H,22,25,26). The Hall–Kier alpha value is -1.90. The van der Waals surface area contributed by atoms with Crippen LogP contribution in [0.1, 0.15) is 40.7 Å². The van der Waals surface area contributed by atoms with Crippen LogP contribution in [0.2, 0.25) is 0 Å². The van der Waals surface area contributed by atoms with Crippen LogP contribution in [0.5, 0.6) is 0 Å². The molecule has 0 radical (unpaired) electrons. The van der Waals surface area contributed by atoms with Crippen LogP contribution in [0, 0.1) is 0 Å². The molecule has 4 aliphatic heterocycles. The first-order valence-corrected chi connectivity index (χ1v) is 10.9. The molecule has 1 unspecified atom stereocenters. The number of fused-ring (bicyclic) bond motifs is 1. The van der Waals surface area contributed by atoms with Crippen LogP contribution < -0.4 is 10.6 Å². The maximum Gasteiger partial charge on any atom is 0.255 e. The number of nitrogens with one attached hydrogen (secondary N) is 2. The van der Waals surface area contributed by atoms with Crippen LogP contribution in [0.15, 0.2) is 18.2 Å². The van der Waals surface area contributed by atoms with Gasteiger partial charge in [-0.05, 0) is 35.8 Å². The van der Waals surface area contributed by atoms with Gasteiger partial charge in [-0.1, -0.05) is 12.1 Å². The largest absolute Gasteiger partial charge is 0.322 e. The molecular weight excluding hydrogens is 376 g/mol. The topological polar surface area (TPSA) is 81.8 Å². The molecule has 4 heterocycles. The summed E-state index contributed by atoms with van der Waals surface area (Å²) in [6.07, 6.45) is 1.88. The van der Waals surface area contributed by atoms with Gasteiger partial charge in [0.05, 0.1) is 4.87 Å². The highest BCUT2D eigenvalue weighted by atomic mass is 32.2. The fraction of sp³-hybridized carbons (Fsp3) is 0.550. The summed E-state index contributed by atoms with van der Waals surface area (Å²) in [6.45, 7) is 4.40. The van der Waals surface area contributed by atoms with Crippen molar-refractivity contribution in [3.63, 3.8) is 0 Å². The van der Waals surface area contributed by atoms with E-state index >= 15 is 0 Å². The van der Waals surface area contributed by atoms with Crippen molar-refractivity contribution < 1.29 is 14.4 Å². The third kappa shape index (κ3) is 2.94. The van der Waals surface area contributed by atoms with Crippen molar-refractivity contribution in [1.82, 2.24) is 20.4 Å². The molecule has 28 heavy (non-hydrogen) atoms. The zero-order valence-electron chi connectivity index (χ0n) is 15.7. The van der Waals surface area contributed by atoms with Gasteiger partial charge in [-0.15, -0.1) is 11.8 Å². The summed E-state index contributed by atoms with van der Waals surface area (Å²) in [5.41, 5.74) is 2.81. The number of carbonyl (C=O) groups excluding carboxylic acids is 3. The highest BCUT2D eigenvalue weighted by Crippen LogP contribution is 2.39. The number of nitrogens with zero attached hydrogens (tertiary/aromatic N) is 2. The maximum atomic E-state index is 13.0. The Morgan fingerprint density at radius 2 is 2.07 bits per heavy atom. The van der Waals surface area contributed by atoms with Gasteiger partial charge in [0.2, 0.25) is 11.8 Å². The van der Waals surface area contributed by atoms with Crippen molar-refractivity contribution in [1.29, 1.82) is 0 Å². The van der Waals surface area contributed by atoms with Crippen molar-refractivity contribution in [2.75, 3.05) is 25.4 Å². The molecule has 1 aromatic rings. The van der Waals surface area contributed by atoms with Gasteiger partial charge in [0.15, 0.2) is 0 Å². The molecule has 8 heteroatoms. The lowest BCUT2D eigenvalue weighted by Crippen LogP contribution is -2.68. The Morgan fingerprint density at radius 1 is 1.21 bits per heavy atom. The highest BCUT2D eigenvalue weighted by Gasteiger charge is 2.45. The van der Waals surface area contributed by atoms with Gasteiger partial charge in [-0.25, -0.2) is 0 Å². The lowest BCUT2D eigenvalue weighted by Gasteiger charge is -2.52. The van der Waals surface area contributed by atoms with E-state index in [0.29, 0.717) is 18.5 Å². The summed E-state index contributed by atoms with van der Waals surface area (Å²) < 4.78 is 0. The van der Waals surface area contributed by atoms with Gasteiger partial charge in [0, 0.05) is 44.7 Å². The molecule has 2 N–H and O–H groups in total. The Balaban J connectivity index is 1.33. The minimum absolute atomic E-state index is 0.0978. The van der Waals surface area contributed by atoms with Gasteiger partial charge >= 0.3 is 0 Å². The van der Waals surface area contributed by atoms with Crippen molar-refractivity contribution in [2.45, 2.75) is 43.3 Å². The second-order valence-electron chi connectivity index (χ2n) is 8.06. The molecule has 1 atom stereocenters. The summed E-state index contributed by atoms with van der Waals surface area (Å²) in [5, 5.41) is 5.75. The summed E-state index contributed by atoms with van der Waals surface area (Å²) >= 11 is 2.04. The molecule has 148 valence electrons. The molecule has 4 aliphatic rings. The van der Waals surface area contributed by atoms with Crippen molar-refractivity contribution >= 4 is 29.5 Å². The number of amides is 3. The molecule has 0 saturated carbocycles. The second-order valence-corrected chi connectivity index (χ2v) is 9.52. The van der Waals surface area contributed by atoms with E-state index in [2.05, 4.69) is 21.6 Å². The van der Waals surface area contributed by atoms with Gasteiger partial charge in [0.25, 0.3) is 5.91 Å². The molecule has 3 amide bonds. The fourth-order valence-corrected chi connectivity index (χ4v) is 6.02. The zero-order chi connectivity index (χ0) is 19.3. The van der Waals surface area contributed by atoms with Crippen LogP contribution in [-0.2, 0) is 22.7 Å². The van der Waals surface area contributed by atoms with E-state index in [9.17, 15) is 14.4 Å². The van der Waals surface area contributed by atoms with Crippen LogP contribution in [0.3, 0.4) is 0 Å². The van der Waals surface area contributed by atoms with Gasteiger partial charge in [0.1, 0.15) is 6.04 Å². The Labute approximate surface area is 168 Å². The molecule has 0 bridgehead atoms. The summed E-state index contributed by atoms with van der Waals surface area (Å²) in [7, 11) is 0. The van der Waals surface area contributed by atoms with E-state index in [0.717, 1.165) is 37.3 Å². The smallest absolute Gasteiger partial charge is 0.255 e. The number of benzene rings is 1. The predicted octanol–water partition coefficient (Wildman–Crippen LogP) is 0.686.